The minimum absolute atomic E-state index is 0.0785. The standard InChI is InChI=1S/C18H16ClN3O4/c19-13-6-2-1-5-12(13)9-21-22-17(23)10-20-18(24)16-11-25-14-7-3-4-8-15(14)26-16/h1-9,16H,10-11H2,(H,20,24)(H,22,23)/b21-9+/t16-/m0/s1. The van der Waals surface area contributed by atoms with Crippen LogP contribution < -0.4 is 20.2 Å². The molecule has 7 nitrogen and oxygen atoms in total. The minimum atomic E-state index is -0.815. The van der Waals surface area contributed by atoms with Gasteiger partial charge in [-0.05, 0) is 18.2 Å². The number of rotatable bonds is 5. The average molecular weight is 374 g/mol. The summed E-state index contributed by atoms with van der Waals surface area (Å²) < 4.78 is 11.0. The van der Waals surface area contributed by atoms with Crippen LogP contribution in [0.2, 0.25) is 5.02 Å². The molecule has 0 saturated carbocycles. The fraction of sp³-hybridized carbons (Fsp3) is 0.167. The van der Waals surface area contributed by atoms with Crippen LogP contribution in [0.25, 0.3) is 0 Å². The van der Waals surface area contributed by atoms with Crippen LogP contribution in [-0.2, 0) is 9.59 Å². The number of hydrogen-bond donors (Lipinski definition) is 2. The molecule has 0 spiro atoms. The van der Waals surface area contributed by atoms with E-state index in [1.165, 1.54) is 6.21 Å². The van der Waals surface area contributed by atoms with E-state index in [-0.39, 0.29) is 13.2 Å². The molecule has 134 valence electrons. The van der Waals surface area contributed by atoms with Crippen molar-refractivity contribution in [3.05, 3.63) is 59.1 Å². The summed E-state index contributed by atoms with van der Waals surface area (Å²) in [6, 6.07) is 14.2. The Morgan fingerprint density at radius 3 is 2.69 bits per heavy atom. The maximum atomic E-state index is 12.1. The van der Waals surface area contributed by atoms with Crippen LogP contribution in [0, 0.1) is 0 Å². The summed E-state index contributed by atoms with van der Waals surface area (Å²) in [4.78, 5) is 23.9. The third-order valence-electron chi connectivity index (χ3n) is 3.52. The molecule has 1 aliphatic heterocycles. The topological polar surface area (TPSA) is 89.0 Å². The van der Waals surface area contributed by atoms with E-state index >= 15 is 0 Å². The van der Waals surface area contributed by atoms with Gasteiger partial charge in [0.2, 0.25) is 6.10 Å². The van der Waals surface area contributed by atoms with Crippen LogP contribution in [0.1, 0.15) is 5.56 Å². The van der Waals surface area contributed by atoms with Crippen molar-refractivity contribution in [2.45, 2.75) is 6.10 Å². The van der Waals surface area contributed by atoms with Crippen molar-refractivity contribution in [3.63, 3.8) is 0 Å². The van der Waals surface area contributed by atoms with Crippen LogP contribution in [0.15, 0.2) is 53.6 Å². The Labute approximate surface area is 154 Å². The van der Waals surface area contributed by atoms with Crippen molar-refractivity contribution in [2.75, 3.05) is 13.2 Å². The molecule has 0 bridgehead atoms. The molecule has 2 aromatic carbocycles. The van der Waals surface area contributed by atoms with Crippen molar-refractivity contribution in [3.8, 4) is 11.5 Å². The highest BCUT2D eigenvalue weighted by atomic mass is 35.5. The first kappa shape index (κ1) is 17.8. The van der Waals surface area contributed by atoms with Crippen LogP contribution in [0.4, 0.5) is 0 Å². The van der Waals surface area contributed by atoms with Crippen molar-refractivity contribution in [1.29, 1.82) is 0 Å². The summed E-state index contributed by atoms with van der Waals surface area (Å²) in [6.07, 6.45) is 0.612. The van der Waals surface area contributed by atoms with Crippen molar-refractivity contribution < 1.29 is 19.1 Å². The lowest BCUT2D eigenvalue weighted by molar-refractivity contribution is -0.132. The quantitative estimate of drug-likeness (QED) is 0.617. The zero-order chi connectivity index (χ0) is 18.4. The number of nitrogens with one attached hydrogen (secondary N) is 2. The number of carbonyl (C=O) groups is 2. The van der Waals surface area contributed by atoms with Gasteiger partial charge in [0, 0.05) is 10.6 Å². The lowest BCUT2D eigenvalue weighted by Gasteiger charge is -2.25. The van der Waals surface area contributed by atoms with Gasteiger partial charge in [0.1, 0.15) is 6.61 Å². The van der Waals surface area contributed by atoms with Gasteiger partial charge >= 0.3 is 0 Å². The summed E-state index contributed by atoms with van der Waals surface area (Å²) in [5.41, 5.74) is 2.99. The predicted octanol–water partition coefficient (Wildman–Crippen LogP) is 1.75. The largest absolute Gasteiger partial charge is 0.485 e. The molecular weight excluding hydrogens is 358 g/mol. The van der Waals surface area contributed by atoms with Crippen molar-refractivity contribution in [2.24, 2.45) is 5.10 Å². The van der Waals surface area contributed by atoms with Gasteiger partial charge in [-0.15, -0.1) is 0 Å². The number of hydrazone groups is 1. The number of para-hydroxylation sites is 2. The summed E-state index contributed by atoms with van der Waals surface area (Å²) in [6.45, 7) is -0.157. The zero-order valence-corrected chi connectivity index (χ0v) is 14.4. The average Bonchev–Trinajstić information content (AvgIpc) is 2.67. The summed E-state index contributed by atoms with van der Waals surface area (Å²) in [5, 5.41) is 6.82. The minimum Gasteiger partial charge on any atom is -0.485 e. The van der Waals surface area contributed by atoms with Gasteiger partial charge < -0.3 is 14.8 Å². The Morgan fingerprint density at radius 1 is 1.15 bits per heavy atom. The summed E-state index contributed by atoms with van der Waals surface area (Å²) in [7, 11) is 0. The maximum absolute atomic E-state index is 12.1. The first-order valence-electron chi connectivity index (χ1n) is 7.86. The molecule has 8 heteroatoms. The molecule has 1 aliphatic rings. The van der Waals surface area contributed by atoms with Gasteiger partial charge in [-0.3, -0.25) is 9.59 Å². The van der Waals surface area contributed by atoms with E-state index in [1.807, 2.05) is 6.07 Å². The van der Waals surface area contributed by atoms with E-state index in [1.54, 1.807) is 42.5 Å². The molecule has 0 aromatic heterocycles. The summed E-state index contributed by atoms with van der Waals surface area (Å²) >= 11 is 5.98. The molecule has 2 N–H and O–H groups in total. The monoisotopic (exact) mass is 373 g/mol. The highest BCUT2D eigenvalue weighted by Crippen LogP contribution is 2.30. The van der Waals surface area contributed by atoms with Crippen LogP contribution in [-0.4, -0.2) is 37.3 Å². The Morgan fingerprint density at radius 2 is 1.88 bits per heavy atom. The first-order valence-corrected chi connectivity index (χ1v) is 8.24. The molecular formula is C18H16ClN3O4. The van der Waals surface area contributed by atoms with Crippen LogP contribution in [0.5, 0.6) is 11.5 Å². The van der Waals surface area contributed by atoms with E-state index in [9.17, 15) is 9.59 Å². The fourth-order valence-corrected chi connectivity index (χ4v) is 2.41. The SMILES string of the molecule is O=C(CNC(=O)[C@@H]1COc2ccccc2O1)N/N=C/c1ccccc1Cl. The van der Waals surface area contributed by atoms with E-state index in [0.29, 0.717) is 22.1 Å². The van der Waals surface area contributed by atoms with Crippen LogP contribution >= 0.6 is 11.6 Å². The van der Waals surface area contributed by atoms with E-state index in [2.05, 4.69) is 15.8 Å². The Kier molecular flexibility index (Phi) is 5.70. The Bertz CT molecular complexity index is 841. The molecule has 1 atom stereocenters. The van der Waals surface area contributed by atoms with Gasteiger partial charge in [-0.1, -0.05) is 41.9 Å². The molecule has 0 saturated heterocycles. The number of hydrogen-bond acceptors (Lipinski definition) is 5. The van der Waals surface area contributed by atoms with Gasteiger partial charge in [0.05, 0.1) is 12.8 Å². The second-order valence-corrected chi connectivity index (χ2v) is 5.80. The molecule has 0 aliphatic carbocycles. The number of carbonyl (C=O) groups excluding carboxylic acids is 2. The third kappa shape index (κ3) is 4.52. The molecule has 1 heterocycles. The number of nitrogens with zero attached hydrogens (tertiary/aromatic N) is 1. The molecule has 0 fully saturated rings. The second kappa shape index (κ2) is 8.35. The van der Waals surface area contributed by atoms with Gasteiger partial charge in [0.15, 0.2) is 11.5 Å². The Hall–Kier alpha value is -3.06. The normalized spacial score (nSPS) is 15.5. The van der Waals surface area contributed by atoms with E-state index in [4.69, 9.17) is 21.1 Å². The fourth-order valence-electron chi connectivity index (χ4n) is 2.22. The molecule has 26 heavy (non-hydrogen) atoms. The van der Waals surface area contributed by atoms with Crippen molar-refractivity contribution in [1.82, 2.24) is 10.7 Å². The lowest BCUT2D eigenvalue weighted by atomic mass is 10.2. The molecule has 2 aromatic rings. The van der Waals surface area contributed by atoms with E-state index < -0.39 is 17.9 Å². The predicted molar refractivity (Wildman–Crippen MR) is 96.6 cm³/mol. The highest BCUT2D eigenvalue weighted by molar-refractivity contribution is 6.33. The van der Waals surface area contributed by atoms with Gasteiger partial charge in [-0.25, -0.2) is 5.43 Å². The first-order chi connectivity index (χ1) is 12.6. The van der Waals surface area contributed by atoms with E-state index in [0.717, 1.165) is 0 Å². The number of benzene rings is 2. The number of amides is 2. The molecule has 0 radical (unpaired) electrons. The second-order valence-electron chi connectivity index (χ2n) is 5.40. The lowest BCUT2D eigenvalue weighted by Crippen LogP contribution is -2.46. The summed E-state index contributed by atoms with van der Waals surface area (Å²) in [5.74, 6) is 0.166. The molecule has 3 rings (SSSR count). The Balaban J connectivity index is 1.45. The van der Waals surface area contributed by atoms with Gasteiger partial charge in [-0.2, -0.15) is 5.10 Å². The number of ether oxygens (including phenoxy) is 2. The zero-order valence-electron chi connectivity index (χ0n) is 13.6. The van der Waals surface area contributed by atoms with Crippen LogP contribution in [0.3, 0.4) is 0 Å². The number of halogens is 1. The maximum Gasteiger partial charge on any atom is 0.265 e. The van der Waals surface area contributed by atoms with Crippen molar-refractivity contribution >= 4 is 29.6 Å². The number of fused-ring (bicyclic) bond motifs is 1. The molecule has 0 unspecified atom stereocenters. The highest BCUT2D eigenvalue weighted by Gasteiger charge is 2.27. The third-order valence-corrected chi connectivity index (χ3v) is 3.87. The van der Waals surface area contributed by atoms with Gasteiger partial charge in [0.25, 0.3) is 11.8 Å². The smallest absolute Gasteiger partial charge is 0.265 e. The molecule has 2 amide bonds.